The van der Waals surface area contributed by atoms with E-state index in [1.165, 1.54) is 0 Å². The van der Waals surface area contributed by atoms with Crippen LogP contribution in [0.2, 0.25) is 0 Å². The van der Waals surface area contributed by atoms with Gasteiger partial charge in [-0.25, -0.2) is 4.98 Å². The van der Waals surface area contributed by atoms with Gasteiger partial charge in [-0.2, -0.15) is 0 Å². The van der Waals surface area contributed by atoms with E-state index in [0.717, 1.165) is 23.3 Å². The van der Waals surface area contributed by atoms with Crippen molar-refractivity contribution in [1.29, 1.82) is 0 Å². The number of oxazole rings is 1. The average molecular weight is 339 g/mol. The van der Waals surface area contributed by atoms with Gasteiger partial charge < -0.3 is 19.0 Å². The van der Waals surface area contributed by atoms with E-state index < -0.39 is 6.29 Å². The van der Waals surface area contributed by atoms with Crippen LogP contribution in [0.3, 0.4) is 0 Å². The van der Waals surface area contributed by atoms with Gasteiger partial charge in [0.05, 0.1) is 0 Å². The van der Waals surface area contributed by atoms with Crippen molar-refractivity contribution in [2.75, 3.05) is 14.2 Å². The number of methoxy groups -OCH3 is 2. The first-order chi connectivity index (χ1) is 12.2. The summed E-state index contributed by atoms with van der Waals surface area (Å²) in [6.45, 7) is 0. The monoisotopic (exact) mass is 339 g/mol. The number of ether oxygens (including phenoxy) is 2. The Morgan fingerprint density at radius 2 is 1.64 bits per heavy atom. The molecule has 25 heavy (non-hydrogen) atoms. The van der Waals surface area contributed by atoms with Crippen molar-refractivity contribution in [1.82, 2.24) is 4.98 Å². The minimum Gasteiger partial charge on any atom is -0.508 e. The third kappa shape index (κ3) is 4.07. The van der Waals surface area contributed by atoms with Gasteiger partial charge in [0.15, 0.2) is 0 Å². The van der Waals surface area contributed by atoms with E-state index in [1.807, 2.05) is 42.5 Å². The Balaban J connectivity index is 1.87. The van der Waals surface area contributed by atoms with Crippen LogP contribution in [-0.4, -0.2) is 24.3 Å². The maximum Gasteiger partial charge on any atom is 0.226 e. The lowest BCUT2D eigenvalue weighted by molar-refractivity contribution is -0.109. The number of aryl methyl sites for hydroxylation is 2. The van der Waals surface area contributed by atoms with Crippen molar-refractivity contribution < 1.29 is 19.0 Å². The minimum atomic E-state index is -0.573. The van der Waals surface area contributed by atoms with Crippen LogP contribution in [-0.2, 0) is 22.3 Å². The Bertz CT molecular complexity index is 792. The number of phenolic OH excluding ortho intramolecular Hbond substituents is 1. The Morgan fingerprint density at radius 3 is 2.28 bits per heavy atom. The fourth-order valence-electron chi connectivity index (χ4n) is 2.67. The van der Waals surface area contributed by atoms with Crippen molar-refractivity contribution in [3.05, 3.63) is 71.6 Å². The number of phenols is 1. The van der Waals surface area contributed by atoms with Gasteiger partial charge in [0, 0.05) is 26.2 Å². The van der Waals surface area contributed by atoms with Crippen LogP contribution in [0.4, 0.5) is 0 Å². The number of hydrogen-bond donors (Lipinski definition) is 1. The number of nitrogens with zero attached hydrogens (tertiary/aromatic N) is 1. The van der Waals surface area contributed by atoms with Crippen LogP contribution in [0.1, 0.15) is 23.3 Å². The molecule has 5 heteroatoms. The Kier molecular flexibility index (Phi) is 5.48. The van der Waals surface area contributed by atoms with Crippen molar-refractivity contribution in [3.63, 3.8) is 0 Å². The summed E-state index contributed by atoms with van der Waals surface area (Å²) in [7, 11) is 3.16. The van der Waals surface area contributed by atoms with Crippen LogP contribution in [0.25, 0.3) is 11.5 Å². The molecule has 0 saturated carbocycles. The highest BCUT2D eigenvalue weighted by Gasteiger charge is 2.22. The lowest BCUT2D eigenvalue weighted by Gasteiger charge is -2.11. The highest BCUT2D eigenvalue weighted by atomic mass is 16.7. The second kappa shape index (κ2) is 7.96. The molecule has 0 aliphatic carbocycles. The fourth-order valence-corrected chi connectivity index (χ4v) is 2.67. The summed E-state index contributed by atoms with van der Waals surface area (Å²) < 4.78 is 16.7. The molecule has 130 valence electrons. The molecule has 0 fully saturated rings. The van der Waals surface area contributed by atoms with E-state index in [-0.39, 0.29) is 5.75 Å². The first kappa shape index (κ1) is 17.2. The zero-order valence-corrected chi connectivity index (χ0v) is 14.3. The predicted octanol–water partition coefficient (Wildman–Crippen LogP) is 4.12. The largest absolute Gasteiger partial charge is 0.508 e. The fraction of sp³-hybridized carbons (Fsp3) is 0.250. The topological polar surface area (TPSA) is 64.7 Å². The molecule has 0 aliphatic rings. The van der Waals surface area contributed by atoms with Gasteiger partial charge in [-0.05, 0) is 36.2 Å². The maximum absolute atomic E-state index is 9.39. The summed E-state index contributed by atoms with van der Waals surface area (Å²) in [4.78, 5) is 4.59. The smallest absolute Gasteiger partial charge is 0.226 e. The summed E-state index contributed by atoms with van der Waals surface area (Å²) >= 11 is 0. The summed E-state index contributed by atoms with van der Waals surface area (Å²) in [6, 6.07) is 16.9. The van der Waals surface area contributed by atoms with Gasteiger partial charge in [-0.1, -0.05) is 30.3 Å². The molecule has 0 radical (unpaired) electrons. The first-order valence-electron chi connectivity index (χ1n) is 8.09. The highest BCUT2D eigenvalue weighted by Crippen LogP contribution is 2.28. The summed E-state index contributed by atoms with van der Waals surface area (Å²) in [6.07, 6.45) is 0.844. The molecule has 2 aromatic carbocycles. The molecule has 0 spiro atoms. The molecule has 1 aromatic heterocycles. The highest BCUT2D eigenvalue weighted by molar-refractivity contribution is 5.53. The van der Waals surface area contributed by atoms with Crippen molar-refractivity contribution in [3.8, 4) is 17.2 Å². The normalized spacial score (nSPS) is 11.2. The number of hydrogen-bond acceptors (Lipinski definition) is 5. The zero-order chi connectivity index (χ0) is 17.6. The van der Waals surface area contributed by atoms with Crippen molar-refractivity contribution in [2.24, 2.45) is 0 Å². The summed E-state index contributed by atoms with van der Waals surface area (Å²) in [5.41, 5.74) is 2.67. The second-order valence-electron chi connectivity index (χ2n) is 5.66. The number of aromatic nitrogens is 1. The molecule has 5 nitrogen and oxygen atoms in total. The van der Waals surface area contributed by atoms with Gasteiger partial charge >= 0.3 is 0 Å². The van der Waals surface area contributed by atoms with Gasteiger partial charge in [0.2, 0.25) is 12.2 Å². The molecule has 3 rings (SSSR count). The molecule has 0 amide bonds. The van der Waals surface area contributed by atoms with E-state index >= 15 is 0 Å². The van der Waals surface area contributed by atoms with Crippen LogP contribution in [0.15, 0.2) is 59.0 Å². The third-order valence-electron chi connectivity index (χ3n) is 3.98. The molecule has 0 saturated heterocycles. The molecular formula is C20H21NO4. The van der Waals surface area contributed by atoms with Gasteiger partial charge in [-0.15, -0.1) is 0 Å². The first-order valence-corrected chi connectivity index (χ1v) is 8.09. The minimum absolute atomic E-state index is 0.259. The Labute approximate surface area is 146 Å². The number of benzene rings is 2. The third-order valence-corrected chi connectivity index (χ3v) is 3.98. The van der Waals surface area contributed by atoms with Crippen LogP contribution >= 0.6 is 0 Å². The Morgan fingerprint density at radius 1 is 0.960 bits per heavy atom. The molecule has 0 aliphatic heterocycles. The molecule has 1 N–H and O–H groups in total. The lowest BCUT2D eigenvalue weighted by atomic mass is 10.1. The standard InChI is InChI=1S/C20H21NO4/c1-23-20(24-2)18-17(13-10-14-8-11-16(22)12-9-14)25-19(21-18)15-6-4-3-5-7-15/h3-9,11-12,20,22H,10,13H2,1-2H3. The summed E-state index contributed by atoms with van der Waals surface area (Å²) in [5, 5.41) is 9.39. The zero-order valence-electron chi connectivity index (χ0n) is 14.3. The molecule has 0 bridgehead atoms. The maximum atomic E-state index is 9.39. The van der Waals surface area contributed by atoms with Gasteiger partial charge in [-0.3, -0.25) is 0 Å². The van der Waals surface area contributed by atoms with E-state index in [2.05, 4.69) is 4.98 Å². The number of rotatable bonds is 7. The van der Waals surface area contributed by atoms with Crippen LogP contribution < -0.4 is 0 Å². The van der Waals surface area contributed by atoms with E-state index in [4.69, 9.17) is 13.9 Å². The predicted molar refractivity (Wildman–Crippen MR) is 94.2 cm³/mol. The van der Waals surface area contributed by atoms with Gasteiger partial charge in [0.1, 0.15) is 17.2 Å². The second-order valence-corrected chi connectivity index (χ2v) is 5.66. The molecular weight excluding hydrogens is 318 g/mol. The van der Waals surface area contributed by atoms with Crippen molar-refractivity contribution in [2.45, 2.75) is 19.1 Å². The SMILES string of the molecule is COC(OC)c1nc(-c2ccccc2)oc1CCc1ccc(O)cc1. The molecule has 1 heterocycles. The Hall–Kier alpha value is -2.63. The van der Waals surface area contributed by atoms with Crippen LogP contribution in [0, 0.1) is 0 Å². The summed E-state index contributed by atoms with van der Waals surface area (Å²) in [5.74, 6) is 1.55. The lowest BCUT2D eigenvalue weighted by Crippen LogP contribution is -2.07. The van der Waals surface area contributed by atoms with Crippen molar-refractivity contribution >= 4 is 0 Å². The van der Waals surface area contributed by atoms with E-state index in [1.54, 1.807) is 26.4 Å². The quantitative estimate of drug-likeness (QED) is 0.656. The molecule has 0 atom stereocenters. The molecule has 3 aromatic rings. The van der Waals surface area contributed by atoms with E-state index in [0.29, 0.717) is 18.0 Å². The van der Waals surface area contributed by atoms with Gasteiger partial charge in [0.25, 0.3) is 0 Å². The van der Waals surface area contributed by atoms with E-state index in [9.17, 15) is 5.11 Å². The average Bonchev–Trinajstić information content (AvgIpc) is 3.07. The van der Waals surface area contributed by atoms with Crippen LogP contribution in [0.5, 0.6) is 5.75 Å². The molecule has 0 unspecified atom stereocenters. The number of aromatic hydroxyl groups is 1.